The number of Topliss-reactive ketones (excluding diaryl/α,β-unsaturated/α-hetero) is 1. The fourth-order valence-electron chi connectivity index (χ4n) is 4.43. The van der Waals surface area contributed by atoms with Crippen LogP contribution in [0.4, 0.5) is 0 Å². The standard InChI is InChI=1S/C23H39N3O.C12H19Cl.C4H10O.C3H6O.C3H8.C2H6/c1-10-12-13-24-19(4)22(18(3)11-2)20(5)25-14-16-26(17-15-25)21(6)27-23(7,8)9;1-4-6-7-9-12(13)10-11(3)8-5-2;1-3-4-5-2;1-3(2)4;1-3-2;1-2/h11-13H,6,10,14-17H2,1-5,7-9H3;6-7,9-10H,4-5,8H2,1-3H3;3-4H2,1-2H3;1-2H3;3H2,1-2H3;1-2H3/b13-12+,18-11-,22-20+,24-19+;7-6+,11-10+,12-9+;;;;. The summed E-state index contributed by atoms with van der Waals surface area (Å²) in [6.07, 6.45) is 20.9. The summed E-state index contributed by atoms with van der Waals surface area (Å²) in [4.78, 5) is 18.8. The lowest BCUT2D eigenvalue weighted by Crippen LogP contribution is -2.46. The Balaban J connectivity index is -0.000000244. The van der Waals surface area contributed by atoms with E-state index in [1.807, 2.05) is 38.3 Å². The van der Waals surface area contributed by atoms with Gasteiger partial charge in [0.05, 0.1) is 0 Å². The SMILES string of the molecule is C=C(OC(C)(C)C)N1CCN(/C(C)=C(C(\C)=C/C)/C(C)=N/C=C/CC)CC1.CC.CC(C)=O.CC/C=C/C=C(Cl)\C=C(/C)CCC.CCC.CCCOC. The van der Waals surface area contributed by atoms with Crippen molar-refractivity contribution in [3.63, 3.8) is 0 Å². The van der Waals surface area contributed by atoms with Crippen LogP contribution >= 0.6 is 11.6 Å². The van der Waals surface area contributed by atoms with E-state index < -0.39 is 0 Å². The van der Waals surface area contributed by atoms with Gasteiger partial charge in [-0.3, -0.25) is 4.99 Å². The second kappa shape index (κ2) is 41.3. The minimum Gasteiger partial charge on any atom is -0.474 e. The summed E-state index contributed by atoms with van der Waals surface area (Å²) in [5.74, 6) is 0.941. The Morgan fingerprint density at radius 1 is 0.852 bits per heavy atom. The second-order valence-electron chi connectivity index (χ2n) is 13.8. The summed E-state index contributed by atoms with van der Waals surface area (Å²) in [6, 6.07) is 0. The van der Waals surface area contributed by atoms with Crippen molar-refractivity contribution in [1.29, 1.82) is 0 Å². The number of rotatable bonds is 14. The van der Waals surface area contributed by atoms with Crippen LogP contribution in [-0.4, -0.2) is 66.8 Å². The van der Waals surface area contributed by atoms with Gasteiger partial charge in [0, 0.05) is 68.1 Å². The fourth-order valence-corrected chi connectivity index (χ4v) is 4.69. The third-order valence-corrected chi connectivity index (χ3v) is 6.99. The van der Waals surface area contributed by atoms with E-state index >= 15 is 0 Å². The lowest BCUT2D eigenvalue weighted by molar-refractivity contribution is -0.115. The van der Waals surface area contributed by atoms with Crippen LogP contribution < -0.4 is 0 Å². The Kier molecular flexibility index (Phi) is 46.3. The van der Waals surface area contributed by atoms with Gasteiger partial charge in [0.2, 0.25) is 0 Å². The van der Waals surface area contributed by atoms with E-state index in [4.69, 9.17) is 21.1 Å². The maximum Gasteiger partial charge on any atom is 0.182 e. The van der Waals surface area contributed by atoms with E-state index in [9.17, 15) is 4.79 Å². The normalized spacial score (nSPS) is 14.1. The van der Waals surface area contributed by atoms with Crippen LogP contribution in [0.1, 0.15) is 163 Å². The van der Waals surface area contributed by atoms with Gasteiger partial charge in [0.25, 0.3) is 0 Å². The Bertz CT molecular complexity index is 1140. The first-order chi connectivity index (χ1) is 25.4. The molecule has 316 valence electrons. The van der Waals surface area contributed by atoms with Crippen LogP contribution in [0.25, 0.3) is 0 Å². The minimum absolute atomic E-state index is 0.167. The molecule has 0 atom stereocenters. The number of ketones is 1. The molecule has 1 fully saturated rings. The first-order valence-corrected chi connectivity index (χ1v) is 20.8. The van der Waals surface area contributed by atoms with Crippen molar-refractivity contribution in [2.75, 3.05) is 39.9 Å². The van der Waals surface area contributed by atoms with E-state index in [0.717, 1.165) is 75.1 Å². The highest BCUT2D eigenvalue weighted by Crippen LogP contribution is 2.23. The summed E-state index contributed by atoms with van der Waals surface area (Å²) in [5.41, 5.74) is 6.00. The van der Waals surface area contributed by atoms with Gasteiger partial charge in [0.15, 0.2) is 5.88 Å². The molecule has 0 N–H and O–H groups in total. The highest BCUT2D eigenvalue weighted by atomic mass is 35.5. The number of allylic oxidation sites excluding steroid dienone is 11. The van der Waals surface area contributed by atoms with E-state index in [1.54, 1.807) is 7.11 Å². The molecule has 54 heavy (non-hydrogen) atoms. The Morgan fingerprint density at radius 2 is 1.33 bits per heavy atom. The summed E-state index contributed by atoms with van der Waals surface area (Å²) in [5, 5.41) is 0.815. The molecule has 0 spiro atoms. The molecular weight excluding hydrogens is 690 g/mol. The number of hydrogen-bond donors (Lipinski definition) is 0. The molecule has 1 aliphatic rings. The molecule has 7 heteroatoms. The summed E-state index contributed by atoms with van der Waals surface area (Å²) in [6.45, 7) is 45.4. The molecular formula is C47H88ClN3O3. The number of aliphatic imine (C=N–C) groups is 1. The molecule has 0 amide bonds. The monoisotopic (exact) mass is 778 g/mol. The van der Waals surface area contributed by atoms with Crippen molar-refractivity contribution in [1.82, 2.24) is 9.80 Å². The highest BCUT2D eigenvalue weighted by Gasteiger charge is 2.23. The third kappa shape index (κ3) is 40.4. The Hall–Kier alpha value is -2.83. The largest absolute Gasteiger partial charge is 0.474 e. The number of carbonyl (C=O) groups is 1. The van der Waals surface area contributed by atoms with Crippen molar-refractivity contribution in [2.24, 2.45) is 4.99 Å². The van der Waals surface area contributed by atoms with Gasteiger partial charge >= 0.3 is 0 Å². The van der Waals surface area contributed by atoms with Crippen LogP contribution in [0.5, 0.6) is 0 Å². The lowest BCUT2D eigenvalue weighted by Gasteiger charge is -2.40. The lowest BCUT2D eigenvalue weighted by atomic mass is 10.00. The number of piperazine rings is 1. The van der Waals surface area contributed by atoms with Gasteiger partial charge in [-0.2, -0.15) is 0 Å². The number of methoxy groups -OCH3 is 1. The van der Waals surface area contributed by atoms with Gasteiger partial charge in [-0.1, -0.05) is 110 Å². The van der Waals surface area contributed by atoms with Crippen LogP contribution in [0, 0.1) is 0 Å². The van der Waals surface area contributed by atoms with Crippen molar-refractivity contribution < 1.29 is 14.3 Å². The minimum atomic E-state index is -0.209. The van der Waals surface area contributed by atoms with Gasteiger partial charge < -0.3 is 24.1 Å². The fraction of sp³-hybridized carbons (Fsp3) is 0.660. The molecule has 0 unspecified atom stereocenters. The smallest absolute Gasteiger partial charge is 0.182 e. The Labute approximate surface area is 342 Å². The molecule has 6 nitrogen and oxygen atoms in total. The van der Waals surface area contributed by atoms with E-state index in [2.05, 4.69) is 137 Å². The molecule has 1 rings (SSSR count). The molecule has 0 aromatic heterocycles. The molecule has 0 bridgehead atoms. The van der Waals surface area contributed by atoms with Crippen molar-refractivity contribution in [2.45, 2.75) is 169 Å². The molecule has 1 saturated heterocycles. The summed E-state index contributed by atoms with van der Waals surface area (Å²) in [7, 11) is 1.71. The number of nitrogens with zero attached hydrogens (tertiary/aromatic N) is 3. The third-order valence-electron chi connectivity index (χ3n) is 6.76. The van der Waals surface area contributed by atoms with Gasteiger partial charge in [-0.05, 0) is 119 Å². The zero-order valence-corrected chi connectivity index (χ0v) is 39.7. The quantitative estimate of drug-likeness (QED) is 0.0999. The zero-order valence-electron chi connectivity index (χ0n) is 39.0. The first kappa shape index (κ1) is 60.4. The van der Waals surface area contributed by atoms with E-state index in [1.165, 1.54) is 49.1 Å². The Morgan fingerprint density at radius 3 is 1.70 bits per heavy atom. The molecule has 1 heterocycles. The second-order valence-corrected chi connectivity index (χ2v) is 14.2. The average molecular weight is 779 g/mol. The maximum atomic E-state index is 9.44. The average Bonchev–Trinajstić information content (AvgIpc) is 3.10. The first-order valence-electron chi connectivity index (χ1n) is 20.4. The molecule has 0 radical (unpaired) electrons. The number of hydrogen-bond acceptors (Lipinski definition) is 6. The number of ether oxygens (including phenoxy) is 2. The predicted octanol–water partition coefficient (Wildman–Crippen LogP) is 14.4. The topological polar surface area (TPSA) is 54.4 Å². The van der Waals surface area contributed by atoms with Crippen LogP contribution in [0.15, 0.2) is 87.6 Å². The van der Waals surface area contributed by atoms with Gasteiger partial charge in [-0.25, -0.2) is 0 Å². The highest BCUT2D eigenvalue weighted by molar-refractivity contribution is 6.31. The summed E-state index contributed by atoms with van der Waals surface area (Å²) >= 11 is 5.98. The molecule has 0 aliphatic carbocycles. The number of halogens is 1. The van der Waals surface area contributed by atoms with Crippen molar-refractivity contribution >= 4 is 23.1 Å². The van der Waals surface area contributed by atoms with Gasteiger partial charge in [0.1, 0.15) is 11.4 Å². The molecule has 0 aromatic rings. The summed E-state index contributed by atoms with van der Waals surface area (Å²) < 4.78 is 10.6. The van der Waals surface area contributed by atoms with Crippen LogP contribution in [0.2, 0.25) is 0 Å². The van der Waals surface area contributed by atoms with Crippen molar-refractivity contribution in [3.8, 4) is 0 Å². The maximum absolute atomic E-state index is 9.44. The number of carbonyl (C=O) groups excluding carboxylic acids is 1. The predicted molar refractivity (Wildman–Crippen MR) is 246 cm³/mol. The van der Waals surface area contributed by atoms with E-state index in [0.29, 0.717) is 0 Å². The molecule has 1 aliphatic heterocycles. The zero-order chi connectivity index (χ0) is 43.1. The molecule has 0 saturated carbocycles. The molecule has 0 aromatic carbocycles. The van der Waals surface area contributed by atoms with Gasteiger partial charge in [-0.15, -0.1) is 0 Å². The van der Waals surface area contributed by atoms with Crippen LogP contribution in [-0.2, 0) is 14.3 Å². The van der Waals surface area contributed by atoms with Crippen LogP contribution in [0.3, 0.4) is 0 Å². The van der Waals surface area contributed by atoms with Crippen molar-refractivity contribution in [3.05, 3.63) is 82.6 Å². The van der Waals surface area contributed by atoms with E-state index in [-0.39, 0.29) is 11.4 Å².